The van der Waals surface area contributed by atoms with Crippen LogP contribution in [0.5, 0.6) is 23.0 Å². The number of rotatable bonds is 11. The van der Waals surface area contributed by atoms with Gasteiger partial charge in [-0.3, -0.25) is 0 Å². The average molecular weight is 637 g/mol. The van der Waals surface area contributed by atoms with E-state index in [-0.39, 0.29) is 0 Å². The minimum Gasteiger partial charge on any atom is -0.497 e. The fourth-order valence-corrected chi connectivity index (χ4v) is 6.49. The fraction of sp³-hybridized carbons (Fsp3) is 0.143. The zero-order chi connectivity index (χ0) is 33.7. The van der Waals surface area contributed by atoms with Crippen molar-refractivity contribution in [2.24, 2.45) is 11.5 Å². The predicted octanol–water partition coefficient (Wildman–Crippen LogP) is 7.89. The van der Waals surface area contributed by atoms with Gasteiger partial charge in [-0.1, -0.05) is 97.1 Å². The van der Waals surface area contributed by atoms with E-state index in [4.69, 9.17) is 30.4 Å². The monoisotopic (exact) mass is 636 g/mol. The summed E-state index contributed by atoms with van der Waals surface area (Å²) in [6.07, 6.45) is 0. The Morgan fingerprint density at radius 2 is 0.562 bits per heavy atom. The summed E-state index contributed by atoms with van der Waals surface area (Å²) in [6, 6.07) is 48.2. The van der Waals surface area contributed by atoms with Crippen molar-refractivity contribution in [3.63, 3.8) is 0 Å². The zero-order valence-electron chi connectivity index (χ0n) is 27.6. The SMILES string of the molecule is COc1ccc(C(N)(c2ccc(OC)cc2)c2ccccc2-c2ccccc2C(N)(c2ccc(OC)cc2)c2ccc(OC)cc2)cc1. The lowest BCUT2D eigenvalue weighted by molar-refractivity contribution is 0.413. The first-order valence-electron chi connectivity index (χ1n) is 15.7. The van der Waals surface area contributed by atoms with Gasteiger partial charge in [0.2, 0.25) is 0 Å². The molecule has 48 heavy (non-hydrogen) atoms. The van der Waals surface area contributed by atoms with E-state index in [0.29, 0.717) is 0 Å². The van der Waals surface area contributed by atoms with Gasteiger partial charge < -0.3 is 30.4 Å². The van der Waals surface area contributed by atoms with Crippen LogP contribution in [-0.2, 0) is 11.1 Å². The molecule has 0 aliphatic heterocycles. The molecule has 0 spiro atoms. The van der Waals surface area contributed by atoms with Gasteiger partial charge in [0.15, 0.2) is 0 Å². The standard InChI is InChI=1S/C42H40N2O4/c1-45-33-21-13-29(14-22-33)41(43,30-15-23-34(46-2)24-16-30)39-11-7-5-9-37(39)38-10-6-8-12-40(38)42(44,31-17-25-35(47-3)26-18-31)32-19-27-36(48-4)28-20-32/h5-28H,43-44H2,1-4H3. The van der Waals surface area contributed by atoms with Crippen molar-refractivity contribution in [1.82, 2.24) is 0 Å². The topological polar surface area (TPSA) is 89.0 Å². The number of hydrogen-bond donors (Lipinski definition) is 2. The lowest BCUT2D eigenvalue weighted by Crippen LogP contribution is -2.41. The highest BCUT2D eigenvalue weighted by molar-refractivity contribution is 5.77. The van der Waals surface area contributed by atoms with E-state index in [1.807, 2.05) is 121 Å². The Morgan fingerprint density at radius 1 is 0.333 bits per heavy atom. The normalized spacial score (nSPS) is 11.5. The lowest BCUT2D eigenvalue weighted by atomic mass is 9.71. The predicted molar refractivity (Wildman–Crippen MR) is 192 cm³/mol. The number of nitrogens with two attached hydrogens (primary N) is 2. The maximum absolute atomic E-state index is 7.69. The van der Waals surface area contributed by atoms with Crippen LogP contribution in [0.3, 0.4) is 0 Å². The van der Waals surface area contributed by atoms with E-state index in [1.165, 1.54) is 0 Å². The molecule has 6 rings (SSSR count). The molecule has 0 aromatic heterocycles. The second-order valence-corrected chi connectivity index (χ2v) is 11.6. The van der Waals surface area contributed by atoms with E-state index in [1.54, 1.807) is 28.4 Å². The second kappa shape index (κ2) is 13.7. The van der Waals surface area contributed by atoms with Crippen LogP contribution in [0.15, 0.2) is 146 Å². The van der Waals surface area contributed by atoms with Crippen LogP contribution >= 0.6 is 0 Å². The van der Waals surface area contributed by atoms with Gasteiger partial charge in [0.25, 0.3) is 0 Å². The van der Waals surface area contributed by atoms with Crippen molar-refractivity contribution < 1.29 is 18.9 Å². The van der Waals surface area contributed by atoms with E-state index >= 15 is 0 Å². The molecule has 0 atom stereocenters. The van der Waals surface area contributed by atoms with Crippen LogP contribution in [-0.4, -0.2) is 28.4 Å². The summed E-state index contributed by atoms with van der Waals surface area (Å²) < 4.78 is 22.0. The fourth-order valence-electron chi connectivity index (χ4n) is 6.49. The van der Waals surface area contributed by atoms with Crippen molar-refractivity contribution in [3.05, 3.63) is 179 Å². The van der Waals surface area contributed by atoms with Gasteiger partial charge in [0, 0.05) is 0 Å². The van der Waals surface area contributed by atoms with Gasteiger partial charge >= 0.3 is 0 Å². The van der Waals surface area contributed by atoms with Gasteiger partial charge in [-0.15, -0.1) is 0 Å². The van der Waals surface area contributed by atoms with Crippen LogP contribution in [0.2, 0.25) is 0 Å². The Balaban J connectivity index is 1.62. The van der Waals surface area contributed by atoms with E-state index in [0.717, 1.165) is 67.5 Å². The first-order chi connectivity index (χ1) is 23.4. The van der Waals surface area contributed by atoms with Gasteiger partial charge in [-0.05, 0) is 93.0 Å². The summed E-state index contributed by atoms with van der Waals surface area (Å²) in [6.45, 7) is 0. The number of methoxy groups -OCH3 is 4. The third kappa shape index (κ3) is 5.77. The van der Waals surface area contributed by atoms with Gasteiger partial charge in [0.05, 0.1) is 39.5 Å². The summed E-state index contributed by atoms with van der Waals surface area (Å²) in [5, 5.41) is 0. The van der Waals surface area contributed by atoms with E-state index in [2.05, 4.69) is 24.3 Å². The quantitative estimate of drug-likeness (QED) is 0.141. The summed E-state index contributed by atoms with van der Waals surface area (Å²) in [7, 11) is 6.63. The Labute approximate surface area is 282 Å². The minimum absolute atomic E-state index is 0.751. The highest BCUT2D eigenvalue weighted by Crippen LogP contribution is 2.45. The molecule has 6 heteroatoms. The zero-order valence-corrected chi connectivity index (χ0v) is 27.6. The Bertz CT molecular complexity index is 1730. The second-order valence-electron chi connectivity index (χ2n) is 11.6. The van der Waals surface area contributed by atoms with Crippen molar-refractivity contribution in [3.8, 4) is 34.1 Å². The molecule has 0 aliphatic carbocycles. The largest absolute Gasteiger partial charge is 0.497 e. The molecule has 0 saturated carbocycles. The molecule has 6 nitrogen and oxygen atoms in total. The smallest absolute Gasteiger partial charge is 0.118 e. The van der Waals surface area contributed by atoms with Crippen LogP contribution in [0.4, 0.5) is 0 Å². The number of hydrogen-bond acceptors (Lipinski definition) is 6. The number of benzene rings is 6. The van der Waals surface area contributed by atoms with Crippen LogP contribution in [0.1, 0.15) is 33.4 Å². The Morgan fingerprint density at radius 3 is 0.792 bits per heavy atom. The first kappa shape index (κ1) is 32.4. The molecule has 0 unspecified atom stereocenters. The van der Waals surface area contributed by atoms with Crippen LogP contribution in [0, 0.1) is 0 Å². The third-order valence-corrected chi connectivity index (χ3v) is 9.18. The molecule has 0 radical (unpaired) electrons. The summed E-state index contributed by atoms with van der Waals surface area (Å²) in [5.74, 6) is 3.01. The molecule has 6 aromatic carbocycles. The molecule has 0 bridgehead atoms. The van der Waals surface area contributed by atoms with Crippen LogP contribution < -0.4 is 30.4 Å². The molecule has 242 valence electrons. The van der Waals surface area contributed by atoms with Gasteiger partial charge in [-0.25, -0.2) is 0 Å². The summed E-state index contributed by atoms with van der Waals surface area (Å²) >= 11 is 0. The third-order valence-electron chi connectivity index (χ3n) is 9.18. The van der Waals surface area contributed by atoms with Crippen molar-refractivity contribution in [1.29, 1.82) is 0 Å². The van der Waals surface area contributed by atoms with Gasteiger partial charge in [0.1, 0.15) is 23.0 Å². The van der Waals surface area contributed by atoms with Crippen molar-refractivity contribution in [2.45, 2.75) is 11.1 Å². The lowest BCUT2D eigenvalue weighted by Gasteiger charge is -2.36. The average Bonchev–Trinajstić information content (AvgIpc) is 3.17. The van der Waals surface area contributed by atoms with Crippen molar-refractivity contribution in [2.75, 3.05) is 28.4 Å². The molecule has 0 amide bonds. The molecule has 4 N–H and O–H groups in total. The van der Waals surface area contributed by atoms with Crippen molar-refractivity contribution >= 4 is 0 Å². The molecular formula is C42H40N2O4. The Kier molecular flexibility index (Phi) is 9.21. The molecular weight excluding hydrogens is 596 g/mol. The molecule has 0 aliphatic rings. The van der Waals surface area contributed by atoms with E-state index < -0.39 is 11.1 Å². The summed E-state index contributed by atoms with van der Waals surface area (Å²) in [4.78, 5) is 0. The molecule has 0 saturated heterocycles. The van der Waals surface area contributed by atoms with Gasteiger partial charge in [-0.2, -0.15) is 0 Å². The Hall–Kier alpha value is -5.56. The molecule has 0 heterocycles. The highest BCUT2D eigenvalue weighted by Gasteiger charge is 2.38. The maximum Gasteiger partial charge on any atom is 0.118 e. The number of ether oxygens (including phenoxy) is 4. The van der Waals surface area contributed by atoms with E-state index in [9.17, 15) is 0 Å². The maximum atomic E-state index is 7.69. The molecule has 0 fully saturated rings. The highest BCUT2D eigenvalue weighted by atomic mass is 16.5. The first-order valence-corrected chi connectivity index (χ1v) is 15.7. The summed E-state index contributed by atoms with van der Waals surface area (Å²) in [5.41, 5.74) is 20.6. The minimum atomic E-state index is -1.06. The van der Waals surface area contributed by atoms with Crippen LogP contribution in [0.25, 0.3) is 11.1 Å². The molecule has 6 aromatic rings.